The minimum atomic E-state index is -0.0194. The van der Waals surface area contributed by atoms with Crippen LogP contribution in [0.2, 0.25) is 0 Å². The van der Waals surface area contributed by atoms with E-state index in [1.807, 2.05) is 13.8 Å². The number of piperidine rings is 1. The smallest absolute Gasteiger partial charge is 0.309 e. The molecule has 1 saturated heterocycles. The maximum Gasteiger partial charge on any atom is 0.309 e. The van der Waals surface area contributed by atoms with E-state index in [0.717, 1.165) is 76.2 Å². The van der Waals surface area contributed by atoms with Gasteiger partial charge in [-0.25, -0.2) is 0 Å². The Morgan fingerprint density at radius 3 is 1.60 bits per heavy atom. The number of carbonyl (C=O) groups is 3. The highest BCUT2D eigenvalue weighted by Gasteiger charge is 2.35. The van der Waals surface area contributed by atoms with E-state index in [1.165, 1.54) is 62.5 Å². The number of rotatable bonds is 12. The summed E-state index contributed by atoms with van der Waals surface area (Å²) in [5, 5.41) is 4.30. The highest BCUT2D eigenvalue weighted by Crippen LogP contribution is 2.41. The van der Waals surface area contributed by atoms with Crippen LogP contribution in [0.1, 0.15) is 128 Å². The number of benzene rings is 2. The third-order valence-electron chi connectivity index (χ3n) is 10.1. The van der Waals surface area contributed by atoms with Gasteiger partial charge in [0.15, 0.2) is 0 Å². The van der Waals surface area contributed by atoms with Crippen LogP contribution < -0.4 is 5.32 Å². The van der Waals surface area contributed by atoms with Crippen molar-refractivity contribution in [3.8, 4) is 0 Å². The standard InChI is InChI=1S/C17H24O.C9H11Br.C9H16O2.C8H15NO2/c1-15(18)17(12-6-3-7-13-17)14-8-11-16-9-4-2-5-10-16;10-8-4-7-9-5-2-1-3-6-9;1-2-11-9(10)8-6-4-3-5-7-8;1-2-11-8(10)7-3-5-9-6-4-7/h2,4-5,9-10H,3,6-8,11-14H2,1H3;1-3,5-6H,4,7-8H2;8H,2-7H2,1H3;7,9H,2-6H2,1H3. The van der Waals surface area contributed by atoms with Gasteiger partial charge in [-0.05, 0) is 116 Å². The summed E-state index contributed by atoms with van der Waals surface area (Å²) < 4.78 is 9.86. The van der Waals surface area contributed by atoms with Gasteiger partial charge in [-0.15, -0.1) is 0 Å². The zero-order chi connectivity index (χ0) is 36.3. The van der Waals surface area contributed by atoms with Crippen molar-refractivity contribution < 1.29 is 23.9 Å². The van der Waals surface area contributed by atoms with Crippen molar-refractivity contribution in [3.63, 3.8) is 0 Å². The average molecular weight is 757 g/mol. The lowest BCUT2D eigenvalue weighted by molar-refractivity contribution is -0.149. The molecule has 1 heterocycles. The molecule has 5 rings (SSSR count). The fourth-order valence-electron chi connectivity index (χ4n) is 7.11. The molecule has 3 aliphatic rings. The topological polar surface area (TPSA) is 81.7 Å². The van der Waals surface area contributed by atoms with Crippen LogP contribution in [0.5, 0.6) is 0 Å². The Morgan fingerprint density at radius 1 is 0.680 bits per heavy atom. The van der Waals surface area contributed by atoms with E-state index in [-0.39, 0.29) is 29.2 Å². The lowest BCUT2D eigenvalue weighted by Gasteiger charge is -2.35. The summed E-state index contributed by atoms with van der Waals surface area (Å²) in [7, 11) is 0. The Hall–Kier alpha value is -2.51. The molecule has 0 radical (unpaired) electrons. The first-order valence-corrected chi connectivity index (χ1v) is 20.7. The zero-order valence-corrected chi connectivity index (χ0v) is 33.0. The largest absolute Gasteiger partial charge is 0.466 e. The van der Waals surface area contributed by atoms with Crippen molar-refractivity contribution >= 4 is 33.7 Å². The fourth-order valence-corrected chi connectivity index (χ4v) is 7.39. The minimum Gasteiger partial charge on any atom is -0.466 e. The summed E-state index contributed by atoms with van der Waals surface area (Å²) in [6.45, 7) is 8.43. The number of Topliss-reactive ketones (excluding diaryl/α,β-unsaturated/α-hetero) is 1. The van der Waals surface area contributed by atoms with Gasteiger partial charge in [-0.3, -0.25) is 14.4 Å². The van der Waals surface area contributed by atoms with E-state index in [2.05, 4.69) is 81.9 Å². The Kier molecular flexibility index (Phi) is 23.7. The third kappa shape index (κ3) is 18.1. The van der Waals surface area contributed by atoms with Gasteiger partial charge in [0.25, 0.3) is 0 Å². The number of ether oxygens (including phenoxy) is 2. The molecule has 0 amide bonds. The van der Waals surface area contributed by atoms with Gasteiger partial charge in [-0.1, -0.05) is 115 Å². The SMILES string of the molecule is BrCCCc1ccccc1.CC(=O)C1(CCCc2ccccc2)CCCCC1.CCOC(=O)C1CCCCC1.CCOC(=O)C1CCNCC1. The van der Waals surface area contributed by atoms with Crippen molar-refractivity contribution in [1.82, 2.24) is 5.32 Å². The summed E-state index contributed by atoms with van der Waals surface area (Å²) in [6, 6.07) is 21.2. The van der Waals surface area contributed by atoms with Gasteiger partial charge in [-0.2, -0.15) is 0 Å². The molecule has 50 heavy (non-hydrogen) atoms. The highest BCUT2D eigenvalue weighted by molar-refractivity contribution is 9.09. The molecule has 280 valence electrons. The monoisotopic (exact) mass is 755 g/mol. The molecular formula is C43H66BrNO5. The molecule has 2 saturated carbocycles. The highest BCUT2D eigenvalue weighted by atomic mass is 79.9. The lowest BCUT2D eigenvalue weighted by Crippen LogP contribution is -2.32. The van der Waals surface area contributed by atoms with Gasteiger partial charge in [0, 0.05) is 10.7 Å². The first-order valence-electron chi connectivity index (χ1n) is 19.5. The summed E-state index contributed by atoms with van der Waals surface area (Å²) in [5.74, 6) is 0.788. The molecule has 3 fully saturated rings. The number of aryl methyl sites for hydroxylation is 2. The normalized spacial score (nSPS) is 17.3. The number of carbonyl (C=O) groups excluding carboxylic acids is 3. The number of nitrogens with one attached hydrogen (secondary N) is 1. The van der Waals surface area contributed by atoms with Crippen molar-refractivity contribution in [2.75, 3.05) is 31.6 Å². The minimum absolute atomic E-state index is 0.0194. The first kappa shape index (κ1) is 43.7. The van der Waals surface area contributed by atoms with E-state index in [4.69, 9.17) is 9.47 Å². The van der Waals surface area contributed by atoms with Crippen LogP contribution in [-0.2, 0) is 36.7 Å². The van der Waals surface area contributed by atoms with Gasteiger partial charge >= 0.3 is 11.9 Å². The van der Waals surface area contributed by atoms with Crippen LogP contribution >= 0.6 is 15.9 Å². The molecule has 2 aliphatic carbocycles. The molecule has 0 atom stereocenters. The van der Waals surface area contributed by atoms with Crippen molar-refractivity contribution in [1.29, 1.82) is 0 Å². The molecule has 7 heteroatoms. The van der Waals surface area contributed by atoms with E-state index in [0.29, 0.717) is 19.0 Å². The van der Waals surface area contributed by atoms with Gasteiger partial charge in [0.1, 0.15) is 5.78 Å². The molecule has 1 N–H and O–H groups in total. The molecular weight excluding hydrogens is 690 g/mol. The number of hydrogen-bond acceptors (Lipinski definition) is 6. The molecule has 2 aromatic rings. The van der Waals surface area contributed by atoms with Crippen molar-refractivity contribution in [3.05, 3.63) is 71.8 Å². The predicted molar refractivity (Wildman–Crippen MR) is 210 cm³/mol. The number of alkyl halides is 1. The van der Waals surface area contributed by atoms with Gasteiger partial charge < -0.3 is 14.8 Å². The van der Waals surface area contributed by atoms with Crippen molar-refractivity contribution in [2.45, 2.75) is 130 Å². The van der Waals surface area contributed by atoms with Gasteiger partial charge in [0.2, 0.25) is 0 Å². The quantitative estimate of drug-likeness (QED) is 0.172. The second kappa shape index (κ2) is 27.2. The number of esters is 2. The molecule has 0 unspecified atom stereocenters. The summed E-state index contributed by atoms with van der Waals surface area (Å²) >= 11 is 3.41. The molecule has 1 aliphatic heterocycles. The number of ketones is 1. The zero-order valence-electron chi connectivity index (χ0n) is 31.4. The molecule has 6 nitrogen and oxygen atoms in total. The number of halogens is 1. The summed E-state index contributed by atoms with van der Waals surface area (Å²) in [6.07, 6.45) is 19.4. The summed E-state index contributed by atoms with van der Waals surface area (Å²) in [4.78, 5) is 34.3. The van der Waals surface area contributed by atoms with Gasteiger partial charge in [0.05, 0.1) is 25.0 Å². The van der Waals surface area contributed by atoms with Crippen LogP contribution in [-0.4, -0.2) is 49.4 Å². The average Bonchev–Trinajstić information content (AvgIpc) is 3.17. The second-order valence-electron chi connectivity index (χ2n) is 13.9. The van der Waals surface area contributed by atoms with Crippen LogP contribution in [0.3, 0.4) is 0 Å². The maximum atomic E-state index is 12.0. The maximum absolute atomic E-state index is 12.0. The first-order chi connectivity index (χ1) is 24.3. The second-order valence-corrected chi connectivity index (χ2v) is 14.7. The Labute approximate surface area is 312 Å². The van der Waals surface area contributed by atoms with Crippen LogP contribution in [0.4, 0.5) is 0 Å². The Bertz CT molecular complexity index is 1120. The van der Waals surface area contributed by atoms with E-state index in [9.17, 15) is 14.4 Å². The Morgan fingerprint density at radius 2 is 1.14 bits per heavy atom. The Balaban J connectivity index is 0.000000239. The molecule has 0 bridgehead atoms. The number of hydrogen-bond donors (Lipinski definition) is 1. The predicted octanol–water partition coefficient (Wildman–Crippen LogP) is 10.2. The van der Waals surface area contributed by atoms with Crippen molar-refractivity contribution in [2.24, 2.45) is 17.3 Å². The molecule has 0 spiro atoms. The van der Waals surface area contributed by atoms with E-state index < -0.39 is 0 Å². The van der Waals surface area contributed by atoms with E-state index >= 15 is 0 Å². The van der Waals surface area contributed by atoms with Crippen LogP contribution in [0.15, 0.2) is 60.7 Å². The molecule has 0 aromatic heterocycles. The lowest BCUT2D eigenvalue weighted by atomic mass is 9.68. The van der Waals surface area contributed by atoms with Crippen LogP contribution in [0, 0.1) is 17.3 Å². The van der Waals surface area contributed by atoms with Crippen LogP contribution in [0.25, 0.3) is 0 Å². The fraction of sp³-hybridized carbons (Fsp3) is 0.651. The third-order valence-corrected chi connectivity index (χ3v) is 10.7. The van der Waals surface area contributed by atoms with E-state index in [1.54, 1.807) is 6.92 Å². The molecule has 2 aromatic carbocycles. The summed E-state index contributed by atoms with van der Waals surface area (Å²) in [5.41, 5.74) is 2.85.